The molecule has 0 saturated heterocycles. The molecule has 0 spiro atoms. The maximum absolute atomic E-state index is 10.4. The number of rotatable bonds is 4. The van der Waals surface area contributed by atoms with Crippen LogP contribution in [0, 0.1) is 0 Å². The topological polar surface area (TPSA) is 81.8 Å². The molecule has 0 fully saturated rings. The molecule has 1 atom stereocenters. The quantitative estimate of drug-likeness (QED) is 0.545. The van der Waals surface area contributed by atoms with Crippen molar-refractivity contribution >= 4 is 7.82 Å². The molecule has 1 unspecified atom stereocenters. The van der Waals surface area contributed by atoms with Crippen molar-refractivity contribution < 1.29 is 18.5 Å². The van der Waals surface area contributed by atoms with Gasteiger partial charge in [-0.05, 0) is 0 Å². The van der Waals surface area contributed by atoms with E-state index in [1.165, 1.54) is 0 Å². The fourth-order valence-corrected chi connectivity index (χ4v) is 0.662. The van der Waals surface area contributed by atoms with Gasteiger partial charge in [-0.25, -0.2) is 4.57 Å². The highest BCUT2D eigenvalue weighted by Crippen LogP contribution is 2.41. The van der Waals surface area contributed by atoms with E-state index in [1.54, 1.807) is 0 Å². The Morgan fingerprint density at radius 2 is 2.33 bits per heavy atom. The Labute approximate surface area is 53.4 Å². The van der Waals surface area contributed by atoms with Crippen molar-refractivity contribution in [1.82, 2.24) is 0 Å². The molecule has 0 aromatic heterocycles. The fourth-order valence-electron chi connectivity index (χ4n) is 0.221. The minimum atomic E-state index is -3.77. The predicted molar refractivity (Wildman–Crippen MR) is 31.8 cm³/mol. The maximum Gasteiger partial charge on any atom is 0.471 e. The van der Waals surface area contributed by atoms with Crippen LogP contribution in [0.15, 0.2) is 0 Å². The third-order valence-electron chi connectivity index (χ3n) is 0.603. The highest BCUT2D eigenvalue weighted by atomic mass is 31.2. The van der Waals surface area contributed by atoms with Crippen LogP contribution >= 0.6 is 7.82 Å². The van der Waals surface area contributed by atoms with Crippen molar-refractivity contribution in [3.8, 4) is 0 Å². The van der Waals surface area contributed by atoms with Crippen molar-refractivity contribution in [1.29, 1.82) is 0 Å². The molecular weight excluding hydrogens is 145 g/mol. The molecule has 3 N–H and O–H groups in total. The first-order valence-electron chi connectivity index (χ1n) is 2.35. The lowest BCUT2D eigenvalue weighted by atomic mass is 10.8. The van der Waals surface area contributed by atoms with Crippen LogP contribution < -0.4 is 5.73 Å². The summed E-state index contributed by atoms with van der Waals surface area (Å²) in [7, 11) is -2.68. The van der Waals surface area contributed by atoms with Gasteiger partial charge in [0.05, 0.1) is 6.61 Å². The van der Waals surface area contributed by atoms with Crippen LogP contribution in [0.25, 0.3) is 0 Å². The van der Waals surface area contributed by atoms with Gasteiger partial charge >= 0.3 is 7.82 Å². The summed E-state index contributed by atoms with van der Waals surface area (Å²) < 4.78 is 18.8. The van der Waals surface area contributed by atoms with Gasteiger partial charge in [-0.15, -0.1) is 0 Å². The molecule has 0 aromatic rings. The van der Waals surface area contributed by atoms with E-state index < -0.39 is 7.82 Å². The molecule has 56 valence electrons. The summed E-state index contributed by atoms with van der Waals surface area (Å²) in [6, 6.07) is 0. The monoisotopic (exact) mass is 155 g/mol. The molecule has 9 heavy (non-hydrogen) atoms. The third kappa shape index (κ3) is 4.57. The predicted octanol–water partition coefficient (Wildman–Crippen LogP) is -0.292. The molecule has 0 aliphatic carbocycles. The smallest absolute Gasteiger partial charge is 0.328 e. The molecule has 0 saturated carbocycles. The number of hydrogen-bond acceptors (Lipinski definition) is 4. The van der Waals surface area contributed by atoms with Crippen molar-refractivity contribution in [2.45, 2.75) is 0 Å². The van der Waals surface area contributed by atoms with E-state index in [2.05, 4.69) is 9.05 Å². The van der Waals surface area contributed by atoms with Crippen LogP contribution in [0.2, 0.25) is 0 Å². The first-order chi connectivity index (χ1) is 4.12. The molecule has 0 aromatic carbocycles. The second-order valence-electron chi connectivity index (χ2n) is 1.27. The summed E-state index contributed by atoms with van der Waals surface area (Å²) in [4.78, 5) is 8.51. The van der Waals surface area contributed by atoms with Gasteiger partial charge in [0, 0.05) is 13.7 Å². The fraction of sp³-hybridized carbons (Fsp3) is 1.00. The maximum atomic E-state index is 10.4. The lowest BCUT2D eigenvalue weighted by Crippen LogP contribution is -2.07. The average molecular weight is 155 g/mol. The summed E-state index contributed by atoms with van der Waals surface area (Å²) in [5.41, 5.74) is 4.98. The zero-order chi connectivity index (χ0) is 7.33. The summed E-state index contributed by atoms with van der Waals surface area (Å²) in [5, 5.41) is 0. The van der Waals surface area contributed by atoms with Crippen LogP contribution in [-0.4, -0.2) is 25.2 Å². The summed E-state index contributed by atoms with van der Waals surface area (Å²) in [6.45, 7) is 0.232. The Balaban J connectivity index is 3.46. The second kappa shape index (κ2) is 3.98. The molecule has 0 bridgehead atoms. The zero-order valence-corrected chi connectivity index (χ0v) is 6.01. The minimum absolute atomic E-state index is 0.0294. The van der Waals surface area contributed by atoms with E-state index in [0.717, 1.165) is 7.11 Å². The van der Waals surface area contributed by atoms with Crippen LogP contribution in [0.4, 0.5) is 0 Å². The molecule has 0 heterocycles. The van der Waals surface area contributed by atoms with E-state index in [4.69, 9.17) is 10.6 Å². The van der Waals surface area contributed by atoms with Crippen molar-refractivity contribution in [2.75, 3.05) is 20.3 Å². The van der Waals surface area contributed by atoms with Crippen LogP contribution in [0.1, 0.15) is 0 Å². The molecule has 0 aliphatic heterocycles. The van der Waals surface area contributed by atoms with E-state index in [-0.39, 0.29) is 13.2 Å². The first kappa shape index (κ1) is 9.07. The number of phosphoric acid groups is 1. The number of hydrogen-bond donors (Lipinski definition) is 2. The van der Waals surface area contributed by atoms with Gasteiger partial charge in [-0.1, -0.05) is 0 Å². The number of nitrogens with two attached hydrogens (primary N) is 1. The van der Waals surface area contributed by atoms with Gasteiger partial charge in [0.15, 0.2) is 0 Å². The highest BCUT2D eigenvalue weighted by molar-refractivity contribution is 7.47. The van der Waals surface area contributed by atoms with Gasteiger partial charge in [-0.3, -0.25) is 9.05 Å². The molecule has 5 nitrogen and oxygen atoms in total. The molecule has 0 aliphatic rings. The zero-order valence-electron chi connectivity index (χ0n) is 5.11. The molecular formula is C3H10NO4P. The van der Waals surface area contributed by atoms with Crippen LogP contribution in [0.3, 0.4) is 0 Å². The Morgan fingerprint density at radius 3 is 2.67 bits per heavy atom. The summed E-state index contributed by atoms with van der Waals surface area (Å²) in [6.07, 6.45) is 0. The Kier molecular flexibility index (Phi) is 4.01. The van der Waals surface area contributed by atoms with E-state index in [1.807, 2.05) is 0 Å². The lowest BCUT2D eigenvalue weighted by molar-refractivity contribution is 0.177. The van der Waals surface area contributed by atoms with Gasteiger partial charge in [0.1, 0.15) is 0 Å². The molecule has 0 amide bonds. The molecule has 0 radical (unpaired) electrons. The summed E-state index contributed by atoms with van der Waals surface area (Å²) >= 11 is 0. The average Bonchev–Trinajstić information content (AvgIpc) is 1.84. The standard InChI is InChI=1S/C3H10NO4P/c1-7-9(5,6)8-3-2-4/h2-4H2,1H3,(H,5,6). The van der Waals surface area contributed by atoms with Gasteiger partial charge < -0.3 is 10.6 Å². The SMILES string of the molecule is COP(=O)(O)OCCN. The third-order valence-corrected chi connectivity index (χ3v) is 1.57. The molecule has 0 rings (SSSR count). The molecule has 6 heteroatoms. The van der Waals surface area contributed by atoms with Crippen LogP contribution in [0.5, 0.6) is 0 Å². The van der Waals surface area contributed by atoms with Gasteiger partial charge in [-0.2, -0.15) is 0 Å². The Morgan fingerprint density at radius 1 is 1.78 bits per heavy atom. The van der Waals surface area contributed by atoms with Crippen LogP contribution in [-0.2, 0) is 13.6 Å². The second-order valence-corrected chi connectivity index (χ2v) is 2.83. The van der Waals surface area contributed by atoms with Crippen molar-refractivity contribution in [3.05, 3.63) is 0 Å². The Hall–Kier alpha value is 0.0700. The van der Waals surface area contributed by atoms with Crippen molar-refractivity contribution in [3.63, 3.8) is 0 Å². The van der Waals surface area contributed by atoms with E-state index in [9.17, 15) is 4.57 Å². The van der Waals surface area contributed by atoms with E-state index >= 15 is 0 Å². The van der Waals surface area contributed by atoms with E-state index in [0.29, 0.717) is 0 Å². The van der Waals surface area contributed by atoms with Gasteiger partial charge in [0.2, 0.25) is 0 Å². The highest BCUT2D eigenvalue weighted by Gasteiger charge is 2.16. The summed E-state index contributed by atoms with van der Waals surface area (Å²) in [5.74, 6) is 0. The normalized spacial score (nSPS) is 17.2. The lowest BCUT2D eigenvalue weighted by Gasteiger charge is -2.06. The largest absolute Gasteiger partial charge is 0.471 e. The van der Waals surface area contributed by atoms with Crippen molar-refractivity contribution in [2.24, 2.45) is 5.73 Å². The number of phosphoric ester groups is 1. The Bertz CT molecular complexity index is 116. The minimum Gasteiger partial charge on any atom is -0.328 e. The van der Waals surface area contributed by atoms with Gasteiger partial charge in [0.25, 0.3) is 0 Å². The first-order valence-corrected chi connectivity index (χ1v) is 3.85.